The lowest BCUT2D eigenvalue weighted by Gasteiger charge is -2.21. The zero-order valence-electron chi connectivity index (χ0n) is 14.4. The number of hydrogen-bond donors (Lipinski definition) is 0. The molecule has 0 radical (unpaired) electrons. The van der Waals surface area contributed by atoms with Crippen LogP contribution in [0.1, 0.15) is 17.5 Å². The molecule has 0 N–H and O–H groups in total. The van der Waals surface area contributed by atoms with Crippen LogP contribution in [0.15, 0.2) is 106 Å². The van der Waals surface area contributed by atoms with Gasteiger partial charge >= 0.3 is 0 Å². The van der Waals surface area contributed by atoms with Gasteiger partial charge in [0, 0.05) is 30.1 Å². The predicted molar refractivity (Wildman–Crippen MR) is 108 cm³/mol. The molecule has 0 unspecified atom stereocenters. The third-order valence-electron chi connectivity index (χ3n) is 5.72. The van der Waals surface area contributed by atoms with Crippen LogP contribution in [0.4, 0.5) is 0 Å². The molecule has 120 valence electrons. The van der Waals surface area contributed by atoms with Gasteiger partial charge in [0.15, 0.2) is 0 Å². The Morgan fingerprint density at radius 3 is 2.81 bits per heavy atom. The Hall–Kier alpha value is -3.21. The second-order valence-electron chi connectivity index (χ2n) is 7.29. The van der Waals surface area contributed by atoms with Crippen molar-refractivity contribution in [3.05, 3.63) is 123 Å². The quantitative estimate of drug-likeness (QED) is 0.431. The largest absolute Gasteiger partial charge is 0.135 e. The highest BCUT2D eigenvalue weighted by molar-refractivity contribution is 5.96. The maximum absolute atomic E-state index is 3.71. The lowest BCUT2D eigenvalue weighted by molar-refractivity contribution is 1.12. The van der Waals surface area contributed by atoms with E-state index < -0.39 is 0 Å². The van der Waals surface area contributed by atoms with E-state index in [1.165, 1.54) is 55.3 Å². The average molecular weight is 329 g/mol. The Labute approximate surface area is 153 Å². The first-order valence-corrected chi connectivity index (χ1v) is 9.23. The summed E-state index contributed by atoms with van der Waals surface area (Å²) in [6, 6.07) is 13.2. The van der Waals surface area contributed by atoms with Gasteiger partial charge < -0.3 is 0 Å². The summed E-state index contributed by atoms with van der Waals surface area (Å²) >= 11 is 0. The molecule has 0 saturated carbocycles. The Morgan fingerprint density at radius 1 is 0.923 bits per heavy atom. The Bertz CT molecular complexity index is 1200. The van der Waals surface area contributed by atoms with Gasteiger partial charge in [0.05, 0.1) is 11.6 Å². The molecular formula is C26H17+. The summed E-state index contributed by atoms with van der Waals surface area (Å²) < 4.78 is 0. The van der Waals surface area contributed by atoms with Crippen LogP contribution in [0.3, 0.4) is 0 Å². The number of hydrogen-bond acceptors (Lipinski definition) is 0. The molecule has 26 heavy (non-hydrogen) atoms. The first-order valence-electron chi connectivity index (χ1n) is 9.23. The molecule has 0 nitrogen and oxygen atoms in total. The fraction of sp³-hybridized carbons (Fsp3) is 0.0769. The third-order valence-corrected chi connectivity index (χ3v) is 5.72. The van der Waals surface area contributed by atoms with Gasteiger partial charge in [-0.15, -0.1) is 0 Å². The van der Waals surface area contributed by atoms with Crippen molar-refractivity contribution >= 4 is 16.8 Å². The molecule has 0 heteroatoms. The first-order chi connectivity index (χ1) is 12.9. The van der Waals surface area contributed by atoms with Crippen molar-refractivity contribution < 1.29 is 0 Å². The second kappa shape index (κ2) is 5.14. The highest BCUT2D eigenvalue weighted by atomic mass is 14.3. The van der Waals surface area contributed by atoms with Crippen LogP contribution in [0.25, 0.3) is 16.8 Å². The maximum Gasteiger partial charge on any atom is 0.135 e. The monoisotopic (exact) mass is 329 g/mol. The van der Waals surface area contributed by atoms with Crippen molar-refractivity contribution in [3.8, 4) is 0 Å². The maximum atomic E-state index is 3.71. The van der Waals surface area contributed by atoms with Crippen LogP contribution in [0, 0.1) is 6.42 Å². The van der Waals surface area contributed by atoms with E-state index in [0.717, 1.165) is 12.8 Å². The van der Waals surface area contributed by atoms with Crippen LogP contribution in [0.5, 0.6) is 0 Å². The molecule has 0 fully saturated rings. The van der Waals surface area contributed by atoms with Gasteiger partial charge in [0.2, 0.25) is 0 Å². The molecule has 0 spiro atoms. The standard InChI is InChI=1S/C26H17/c1-5-17-6-2-10-20-14-23(13-19(9-1)25(17)20)24-15-21-11-3-7-18-8-4-12-22(16-24)26(18)21/h1-7,9-13,16H,8,14H2/q+1. The highest BCUT2D eigenvalue weighted by Crippen LogP contribution is 2.41. The molecule has 0 atom stereocenters. The first kappa shape index (κ1) is 14.0. The van der Waals surface area contributed by atoms with E-state index in [9.17, 15) is 0 Å². The summed E-state index contributed by atoms with van der Waals surface area (Å²) in [6.07, 6.45) is 17.8. The topological polar surface area (TPSA) is 0 Å². The molecule has 0 heterocycles. The Morgan fingerprint density at radius 2 is 1.85 bits per heavy atom. The molecule has 6 rings (SSSR count). The summed E-state index contributed by atoms with van der Waals surface area (Å²) in [5, 5.41) is 2.74. The zero-order valence-corrected chi connectivity index (χ0v) is 14.4. The molecule has 0 aromatic heterocycles. The Kier molecular flexibility index (Phi) is 2.77. The second-order valence-corrected chi connectivity index (χ2v) is 7.29. The van der Waals surface area contributed by atoms with Crippen molar-refractivity contribution in [1.29, 1.82) is 0 Å². The summed E-state index contributed by atoms with van der Waals surface area (Å²) in [4.78, 5) is 0. The fourth-order valence-corrected chi connectivity index (χ4v) is 4.58. The molecular weight excluding hydrogens is 312 g/mol. The van der Waals surface area contributed by atoms with E-state index in [4.69, 9.17) is 0 Å². The molecule has 2 aromatic rings. The lowest BCUT2D eigenvalue weighted by atomic mass is 9.78. The van der Waals surface area contributed by atoms with Crippen LogP contribution in [-0.2, 0) is 6.42 Å². The van der Waals surface area contributed by atoms with Gasteiger partial charge in [-0.05, 0) is 52.1 Å². The molecule has 4 aliphatic carbocycles. The number of rotatable bonds is 1. The SMILES string of the molecule is C1=C(C2=Cc3cccc4cccc(c34)C2)C=C2C=CCC3=C2C=1C=C[CH+]3. The van der Waals surface area contributed by atoms with Gasteiger partial charge in [0.25, 0.3) is 0 Å². The van der Waals surface area contributed by atoms with E-state index in [2.05, 4.69) is 85.0 Å². The van der Waals surface area contributed by atoms with Gasteiger partial charge in [-0.1, -0.05) is 48.2 Å². The lowest BCUT2D eigenvalue weighted by Crippen LogP contribution is -2.09. The van der Waals surface area contributed by atoms with E-state index >= 15 is 0 Å². The predicted octanol–water partition coefficient (Wildman–Crippen LogP) is 6.20. The van der Waals surface area contributed by atoms with Crippen molar-refractivity contribution in [3.63, 3.8) is 0 Å². The normalized spacial score (nSPS) is 19.4. The van der Waals surface area contributed by atoms with Crippen molar-refractivity contribution in [1.82, 2.24) is 0 Å². The molecule has 0 bridgehead atoms. The minimum absolute atomic E-state index is 0.971. The summed E-state index contributed by atoms with van der Waals surface area (Å²) in [6.45, 7) is 0. The van der Waals surface area contributed by atoms with Gasteiger partial charge in [-0.2, -0.15) is 0 Å². The van der Waals surface area contributed by atoms with Crippen molar-refractivity contribution in [2.45, 2.75) is 12.8 Å². The van der Waals surface area contributed by atoms with Crippen LogP contribution in [0.2, 0.25) is 0 Å². The minimum atomic E-state index is 0.971. The highest BCUT2D eigenvalue weighted by Gasteiger charge is 2.29. The van der Waals surface area contributed by atoms with Crippen LogP contribution in [-0.4, -0.2) is 0 Å². The molecule has 4 aliphatic rings. The minimum Gasteiger partial charge on any atom is -0.0759 e. The summed E-state index contributed by atoms with van der Waals surface area (Å²) in [5.41, 5.74) is 14.4. The van der Waals surface area contributed by atoms with Crippen molar-refractivity contribution in [2.75, 3.05) is 0 Å². The molecule has 0 saturated heterocycles. The van der Waals surface area contributed by atoms with Gasteiger partial charge in [0.1, 0.15) is 11.1 Å². The summed E-state index contributed by atoms with van der Waals surface area (Å²) in [7, 11) is 0. The zero-order chi connectivity index (χ0) is 17.1. The number of benzene rings is 2. The van der Waals surface area contributed by atoms with Crippen LogP contribution < -0.4 is 0 Å². The average Bonchev–Trinajstić information content (AvgIpc) is 2.69. The molecule has 0 amide bonds. The van der Waals surface area contributed by atoms with Crippen molar-refractivity contribution in [2.24, 2.45) is 0 Å². The van der Waals surface area contributed by atoms with Gasteiger partial charge in [-0.3, -0.25) is 0 Å². The van der Waals surface area contributed by atoms with Gasteiger partial charge in [-0.25, -0.2) is 0 Å². The summed E-state index contributed by atoms with van der Waals surface area (Å²) in [5.74, 6) is 0. The molecule has 2 aromatic carbocycles. The number of allylic oxidation sites excluding steroid dienone is 10. The third kappa shape index (κ3) is 1.94. The molecule has 0 aliphatic heterocycles. The van der Waals surface area contributed by atoms with E-state index in [-0.39, 0.29) is 0 Å². The fourth-order valence-electron chi connectivity index (χ4n) is 4.58. The van der Waals surface area contributed by atoms with E-state index in [1.807, 2.05) is 0 Å². The smallest absolute Gasteiger partial charge is 0.0759 e. The van der Waals surface area contributed by atoms with E-state index in [1.54, 1.807) is 0 Å². The Balaban J connectivity index is 1.58. The van der Waals surface area contributed by atoms with Crippen LogP contribution >= 0.6 is 0 Å². The van der Waals surface area contributed by atoms with E-state index in [0.29, 0.717) is 0 Å².